The Balaban J connectivity index is 1.99. The van der Waals surface area contributed by atoms with E-state index >= 15 is 0 Å². The molecule has 144 valence electrons. The molecule has 0 bridgehead atoms. The van der Waals surface area contributed by atoms with Gasteiger partial charge in [-0.1, -0.05) is 54.4 Å². The van der Waals surface area contributed by atoms with E-state index in [0.29, 0.717) is 10.6 Å². The molecule has 0 atom stereocenters. The highest BCUT2D eigenvalue weighted by molar-refractivity contribution is 7.92. The molecule has 0 saturated heterocycles. The molecule has 0 heterocycles. The second-order valence-electron chi connectivity index (χ2n) is 6.49. The predicted octanol–water partition coefficient (Wildman–Crippen LogP) is 5.24. The zero-order chi connectivity index (χ0) is 20.3. The van der Waals surface area contributed by atoms with Gasteiger partial charge in [0.25, 0.3) is 10.0 Å². The largest absolute Gasteiger partial charge is 0.289 e. The summed E-state index contributed by atoms with van der Waals surface area (Å²) in [4.78, 5) is 13.1. The van der Waals surface area contributed by atoms with Gasteiger partial charge >= 0.3 is 0 Å². The lowest BCUT2D eigenvalue weighted by molar-refractivity contribution is 0.103. The van der Waals surface area contributed by atoms with Crippen LogP contribution in [-0.4, -0.2) is 14.2 Å². The number of carbonyl (C=O) groups is 1. The van der Waals surface area contributed by atoms with Gasteiger partial charge in [-0.25, -0.2) is 8.42 Å². The van der Waals surface area contributed by atoms with E-state index in [-0.39, 0.29) is 21.9 Å². The van der Waals surface area contributed by atoms with Gasteiger partial charge < -0.3 is 0 Å². The van der Waals surface area contributed by atoms with Crippen molar-refractivity contribution in [2.45, 2.75) is 25.2 Å². The van der Waals surface area contributed by atoms with Crippen LogP contribution in [0.25, 0.3) is 0 Å². The number of sulfonamides is 1. The van der Waals surface area contributed by atoms with Gasteiger partial charge in [-0.05, 0) is 55.3 Å². The summed E-state index contributed by atoms with van der Waals surface area (Å²) in [5.74, 6) is -0.301. The molecule has 0 radical (unpaired) electrons. The van der Waals surface area contributed by atoms with E-state index < -0.39 is 10.0 Å². The molecule has 3 aromatic rings. The van der Waals surface area contributed by atoms with E-state index in [9.17, 15) is 13.2 Å². The molecule has 0 amide bonds. The van der Waals surface area contributed by atoms with Gasteiger partial charge in [-0.2, -0.15) is 0 Å². The fourth-order valence-electron chi connectivity index (χ4n) is 2.83. The molecule has 3 aromatic carbocycles. The molecule has 3 rings (SSSR count). The molecule has 4 nitrogen and oxygen atoms in total. The number of ketones is 1. The van der Waals surface area contributed by atoms with Gasteiger partial charge in [0.2, 0.25) is 0 Å². The van der Waals surface area contributed by atoms with Crippen LogP contribution >= 0.6 is 11.6 Å². The molecule has 0 aliphatic rings. The highest BCUT2D eigenvalue weighted by Gasteiger charge is 2.20. The summed E-state index contributed by atoms with van der Waals surface area (Å²) in [6.07, 6.45) is 0.823. The molecule has 0 spiro atoms. The first-order chi connectivity index (χ1) is 13.3. The lowest BCUT2D eigenvalue weighted by Crippen LogP contribution is -2.16. The molecule has 0 aliphatic heterocycles. The van der Waals surface area contributed by atoms with Crippen molar-refractivity contribution >= 4 is 33.1 Å². The SMILES string of the molecule is CCc1ccc(S(=O)(=O)Nc2ccc(C)cc2C(=O)c2cccc(Cl)c2)cc1. The maximum atomic E-state index is 13.0. The van der Waals surface area contributed by atoms with Crippen LogP contribution in [0.2, 0.25) is 5.02 Å². The standard InChI is InChI=1S/C22H20ClNO3S/c1-3-16-8-10-19(11-9-16)28(26,27)24-21-12-7-15(2)13-20(21)22(25)17-5-4-6-18(23)14-17/h4-14,24H,3H2,1-2H3. The van der Waals surface area contributed by atoms with Crippen LogP contribution < -0.4 is 4.72 Å². The molecule has 0 unspecified atom stereocenters. The van der Waals surface area contributed by atoms with Crippen LogP contribution in [0.3, 0.4) is 0 Å². The van der Waals surface area contributed by atoms with Crippen molar-refractivity contribution in [3.05, 3.63) is 94.0 Å². The number of halogens is 1. The summed E-state index contributed by atoms with van der Waals surface area (Å²) in [6, 6.07) is 18.3. The molecule has 1 N–H and O–H groups in total. The minimum Gasteiger partial charge on any atom is -0.289 e. The Morgan fingerprint density at radius 2 is 1.71 bits per heavy atom. The van der Waals surface area contributed by atoms with Crippen LogP contribution in [0.4, 0.5) is 5.69 Å². The number of hydrogen-bond donors (Lipinski definition) is 1. The number of anilines is 1. The van der Waals surface area contributed by atoms with Crippen molar-refractivity contribution in [1.29, 1.82) is 0 Å². The zero-order valence-electron chi connectivity index (χ0n) is 15.6. The van der Waals surface area contributed by atoms with Crippen molar-refractivity contribution in [3.8, 4) is 0 Å². The van der Waals surface area contributed by atoms with Crippen LogP contribution in [0.1, 0.15) is 34.0 Å². The summed E-state index contributed by atoms with van der Waals surface area (Å²) in [7, 11) is -3.83. The van der Waals surface area contributed by atoms with Gasteiger partial charge in [0.1, 0.15) is 0 Å². The van der Waals surface area contributed by atoms with Crippen molar-refractivity contribution in [2.75, 3.05) is 4.72 Å². The Morgan fingerprint density at radius 3 is 2.36 bits per heavy atom. The topological polar surface area (TPSA) is 63.2 Å². The second-order valence-corrected chi connectivity index (χ2v) is 8.61. The minimum absolute atomic E-state index is 0.145. The van der Waals surface area contributed by atoms with Crippen molar-refractivity contribution in [1.82, 2.24) is 0 Å². The maximum Gasteiger partial charge on any atom is 0.261 e. The summed E-state index contributed by atoms with van der Waals surface area (Å²) in [5, 5.41) is 0.441. The van der Waals surface area contributed by atoms with E-state index in [1.807, 2.05) is 13.8 Å². The monoisotopic (exact) mass is 413 g/mol. The first-order valence-electron chi connectivity index (χ1n) is 8.83. The van der Waals surface area contributed by atoms with Crippen LogP contribution in [0.15, 0.2) is 71.6 Å². The first-order valence-corrected chi connectivity index (χ1v) is 10.7. The minimum atomic E-state index is -3.83. The van der Waals surface area contributed by atoms with E-state index in [2.05, 4.69) is 4.72 Å². The van der Waals surface area contributed by atoms with Crippen molar-refractivity contribution in [2.24, 2.45) is 0 Å². The number of hydrogen-bond acceptors (Lipinski definition) is 3. The smallest absolute Gasteiger partial charge is 0.261 e. The average Bonchev–Trinajstić information content (AvgIpc) is 2.68. The van der Waals surface area contributed by atoms with Gasteiger partial charge in [0, 0.05) is 16.1 Å². The number of rotatable bonds is 6. The quantitative estimate of drug-likeness (QED) is 0.562. The lowest BCUT2D eigenvalue weighted by Gasteiger charge is -2.13. The number of carbonyl (C=O) groups excluding carboxylic acids is 1. The molecule has 0 fully saturated rings. The highest BCUT2D eigenvalue weighted by atomic mass is 35.5. The number of nitrogens with one attached hydrogen (secondary N) is 1. The molecular formula is C22H20ClNO3S. The average molecular weight is 414 g/mol. The first kappa shape index (κ1) is 20.1. The third-order valence-corrected chi connectivity index (χ3v) is 6.01. The Kier molecular flexibility index (Phi) is 5.87. The number of aryl methyl sites for hydroxylation is 2. The Labute approximate surface area is 170 Å². The number of benzene rings is 3. The highest BCUT2D eigenvalue weighted by Crippen LogP contribution is 2.25. The maximum absolute atomic E-state index is 13.0. The van der Waals surface area contributed by atoms with Crippen molar-refractivity contribution < 1.29 is 13.2 Å². The lowest BCUT2D eigenvalue weighted by atomic mass is 10.00. The molecular weight excluding hydrogens is 394 g/mol. The third-order valence-electron chi connectivity index (χ3n) is 4.39. The van der Waals surface area contributed by atoms with E-state index in [1.54, 1.807) is 66.7 Å². The van der Waals surface area contributed by atoms with Crippen molar-refractivity contribution in [3.63, 3.8) is 0 Å². The molecule has 0 aromatic heterocycles. The fraction of sp³-hybridized carbons (Fsp3) is 0.136. The molecule has 6 heteroatoms. The summed E-state index contributed by atoms with van der Waals surface area (Å²) in [6.45, 7) is 3.85. The van der Waals surface area contributed by atoms with E-state index in [1.165, 1.54) is 0 Å². The third kappa shape index (κ3) is 4.43. The summed E-state index contributed by atoms with van der Waals surface area (Å²) < 4.78 is 28.2. The van der Waals surface area contributed by atoms with Crippen LogP contribution in [0, 0.1) is 6.92 Å². The fourth-order valence-corrected chi connectivity index (χ4v) is 4.10. The molecule has 0 aliphatic carbocycles. The Bertz CT molecular complexity index is 1120. The molecule has 0 saturated carbocycles. The van der Waals surface area contributed by atoms with Crippen LogP contribution in [-0.2, 0) is 16.4 Å². The van der Waals surface area contributed by atoms with E-state index in [4.69, 9.17) is 11.6 Å². The van der Waals surface area contributed by atoms with Crippen LogP contribution in [0.5, 0.6) is 0 Å². The Morgan fingerprint density at radius 1 is 1.00 bits per heavy atom. The Hall–Kier alpha value is -2.63. The zero-order valence-corrected chi connectivity index (χ0v) is 17.1. The van der Waals surface area contributed by atoms with Gasteiger partial charge in [-0.3, -0.25) is 9.52 Å². The second kappa shape index (κ2) is 8.17. The van der Waals surface area contributed by atoms with Gasteiger partial charge in [0.05, 0.1) is 10.6 Å². The molecule has 28 heavy (non-hydrogen) atoms. The van der Waals surface area contributed by atoms with Gasteiger partial charge in [0.15, 0.2) is 5.78 Å². The van der Waals surface area contributed by atoms with E-state index in [0.717, 1.165) is 17.5 Å². The predicted molar refractivity (Wildman–Crippen MR) is 113 cm³/mol. The summed E-state index contributed by atoms with van der Waals surface area (Å²) >= 11 is 5.99. The normalized spacial score (nSPS) is 11.2. The van der Waals surface area contributed by atoms with Gasteiger partial charge in [-0.15, -0.1) is 0 Å². The summed E-state index contributed by atoms with van der Waals surface area (Å²) in [5.41, 5.74) is 2.80.